The lowest BCUT2D eigenvalue weighted by molar-refractivity contribution is 0.242. The van der Waals surface area contributed by atoms with Crippen molar-refractivity contribution in [3.63, 3.8) is 0 Å². The van der Waals surface area contributed by atoms with E-state index in [0.29, 0.717) is 12.4 Å². The number of nitrogens with zero attached hydrogens (tertiary/aromatic N) is 2. The summed E-state index contributed by atoms with van der Waals surface area (Å²) in [5.41, 5.74) is 1.21. The fourth-order valence-electron chi connectivity index (χ4n) is 2.45. The smallest absolute Gasteiger partial charge is 0.213 e. The van der Waals surface area contributed by atoms with Crippen molar-refractivity contribution in [3.05, 3.63) is 47.7 Å². The molecular formula is C21H33IN4O2. The molecule has 1 aromatic carbocycles. The van der Waals surface area contributed by atoms with E-state index in [2.05, 4.69) is 53.5 Å². The van der Waals surface area contributed by atoms with Gasteiger partial charge in [0.05, 0.1) is 18.8 Å². The number of hydrogen-bond acceptors (Lipinski definition) is 4. The highest BCUT2D eigenvalue weighted by molar-refractivity contribution is 14.0. The molecule has 0 aliphatic heterocycles. The van der Waals surface area contributed by atoms with Crippen molar-refractivity contribution in [1.29, 1.82) is 0 Å². The van der Waals surface area contributed by atoms with Gasteiger partial charge < -0.3 is 19.8 Å². The topological polar surface area (TPSA) is 71.7 Å². The quantitative estimate of drug-likeness (QED) is 0.337. The third-order valence-electron chi connectivity index (χ3n) is 3.92. The number of guanidine groups is 1. The molecule has 0 spiro atoms. The Kier molecular flexibility index (Phi) is 9.78. The fourth-order valence-corrected chi connectivity index (χ4v) is 2.45. The highest BCUT2D eigenvalue weighted by Gasteiger charge is 2.19. The Morgan fingerprint density at radius 1 is 1.18 bits per heavy atom. The Labute approximate surface area is 185 Å². The van der Waals surface area contributed by atoms with Gasteiger partial charge in [-0.3, -0.25) is 4.99 Å². The van der Waals surface area contributed by atoms with Gasteiger partial charge in [0.1, 0.15) is 11.5 Å². The zero-order valence-corrected chi connectivity index (χ0v) is 20.0. The average molecular weight is 500 g/mol. The molecule has 156 valence electrons. The molecule has 0 saturated carbocycles. The number of hydrogen-bond donors (Lipinski definition) is 2. The molecule has 2 aromatic rings. The zero-order chi connectivity index (χ0) is 19.9. The standard InChI is InChI=1S/C21H32N4O2.HI/c1-15(2)26-17-9-7-16(8-10-17)11-12-23-20(22-6)25-14-19-24-13-18(27-19)21(3,4)5;/h7-10,13,15H,11-12,14H2,1-6H3,(H2,22,23,25);1H. The van der Waals surface area contributed by atoms with Gasteiger partial charge in [0, 0.05) is 19.0 Å². The van der Waals surface area contributed by atoms with Crippen molar-refractivity contribution in [2.45, 2.75) is 59.1 Å². The van der Waals surface area contributed by atoms with Crippen molar-refractivity contribution in [1.82, 2.24) is 15.6 Å². The fraction of sp³-hybridized carbons (Fsp3) is 0.524. The number of rotatable bonds is 7. The SMILES string of the molecule is CN=C(NCCc1ccc(OC(C)C)cc1)NCc1ncc(C(C)(C)C)o1.I. The minimum atomic E-state index is -0.0407. The first kappa shape index (κ1) is 24.3. The number of halogens is 1. The van der Waals surface area contributed by atoms with Crippen LogP contribution < -0.4 is 15.4 Å². The highest BCUT2D eigenvalue weighted by Crippen LogP contribution is 2.22. The second-order valence-electron chi connectivity index (χ2n) is 7.78. The molecule has 1 heterocycles. The number of aromatic nitrogens is 1. The van der Waals surface area contributed by atoms with Crippen LogP contribution in [0.2, 0.25) is 0 Å². The summed E-state index contributed by atoms with van der Waals surface area (Å²) >= 11 is 0. The van der Waals surface area contributed by atoms with Gasteiger partial charge in [0.2, 0.25) is 5.89 Å². The molecule has 0 saturated heterocycles. The summed E-state index contributed by atoms with van der Waals surface area (Å²) in [4.78, 5) is 8.56. The Bertz CT molecular complexity index is 734. The van der Waals surface area contributed by atoms with Crippen molar-refractivity contribution in [3.8, 4) is 5.75 Å². The van der Waals surface area contributed by atoms with Gasteiger partial charge in [-0.05, 0) is 38.0 Å². The zero-order valence-electron chi connectivity index (χ0n) is 17.7. The molecule has 0 unspecified atom stereocenters. The normalized spacial score (nSPS) is 11.9. The number of ether oxygens (including phenoxy) is 1. The van der Waals surface area contributed by atoms with Gasteiger partial charge in [-0.25, -0.2) is 4.98 Å². The Morgan fingerprint density at radius 3 is 2.39 bits per heavy atom. The second kappa shape index (κ2) is 11.3. The summed E-state index contributed by atoms with van der Waals surface area (Å²) in [5.74, 6) is 3.17. The van der Waals surface area contributed by atoms with E-state index < -0.39 is 0 Å². The van der Waals surface area contributed by atoms with Crippen molar-refractivity contribution in [2.75, 3.05) is 13.6 Å². The predicted octanol–water partition coefficient (Wildman–Crippen LogP) is 4.29. The van der Waals surface area contributed by atoms with Crippen LogP contribution in [0.3, 0.4) is 0 Å². The number of nitrogens with one attached hydrogen (secondary N) is 2. The van der Waals surface area contributed by atoms with Crippen molar-refractivity contribution < 1.29 is 9.15 Å². The molecule has 7 heteroatoms. The van der Waals surface area contributed by atoms with E-state index in [1.165, 1.54) is 5.56 Å². The van der Waals surface area contributed by atoms with Crippen LogP contribution in [0, 0.1) is 0 Å². The minimum absolute atomic E-state index is 0. The molecule has 0 aliphatic rings. The lowest BCUT2D eigenvalue weighted by Gasteiger charge is -2.13. The first-order valence-electron chi connectivity index (χ1n) is 9.43. The first-order valence-corrected chi connectivity index (χ1v) is 9.43. The Hall–Kier alpha value is -1.77. The van der Waals surface area contributed by atoms with Gasteiger partial charge in [-0.1, -0.05) is 32.9 Å². The van der Waals surface area contributed by atoms with E-state index in [0.717, 1.165) is 30.4 Å². The number of aliphatic imine (C=N–C) groups is 1. The summed E-state index contributed by atoms with van der Waals surface area (Å²) in [6, 6.07) is 8.21. The molecular weight excluding hydrogens is 467 g/mol. The molecule has 28 heavy (non-hydrogen) atoms. The maximum atomic E-state index is 5.79. The van der Waals surface area contributed by atoms with Gasteiger partial charge in [-0.2, -0.15) is 0 Å². The van der Waals surface area contributed by atoms with E-state index in [1.807, 2.05) is 26.0 Å². The molecule has 0 amide bonds. The number of oxazole rings is 1. The third kappa shape index (κ3) is 8.08. The third-order valence-corrected chi connectivity index (χ3v) is 3.92. The van der Waals surface area contributed by atoms with E-state index in [4.69, 9.17) is 9.15 Å². The van der Waals surface area contributed by atoms with Crippen LogP contribution in [-0.4, -0.2) is 30.6 Å². The van der Waals surface area contributed by atoms with Crippen molar-refractivity contribution >= 4 is 29.9 Å². The Morgan fingerprint density at radius 2 is 1.86 bits per heavy atom. The first-order chi connectivity index (χ1) is 12.8. The van der Waals surface area contributed by atoms with E-state index >= 15 is 0 Å². The number of benzene rings is 1. The minimum Gasteiger partial charge on any atom is -0.491 e. The van der Waals surface area contributed by atoms with Crippen LogP contribution in [0.4, 0.5) is 0 Å². The van der Waals surface area contributed by atoms with Crippen LogP contribution >= 0.6 is 24.0 Å². The van der Waals surface area contributed by atoms with Gasteiger partial charge in [0.25, 0.3) is 0 Å². The molecule has 0 aliphatic carbocycles. The Balaban J connectivity index is 0.00000392. The molecule has 2 N–H and O–H groups in total. The van der Waals surface area contributed by atoms with Crippen LogP contribution in [0.25, 0.3) is 0 Å². The second-order valence-corrected chi connectivity index (χ2v) is 7.78. The summed E-state index contributed by atoms with van der Waals surface area (Å²) in [6.07, 6.45) is 2.88. The lowest BCUT2D eigenvalue weighted by Crippen LogP contribution is -2.37. The van der Waals surface area contributed by atoms with E-state index in [9.17, 15) is 0 Å². The van der Waals surface area contributed by atoms with Gasteiger partial charge >= 0.3 is 0 Å². The maximum Gasteiger partial charge on any atom is 0.213 e. The molecule has 0 bridgehead atoms. The predicted molar refractivity (Wildman–Crippen MR) is 125 cm³/mol. The maximum absolute atomic E-state index is 5.79. The largest absolute Gasteiger partial charge is 0.491 e. The van der Waals surface area contributed by atoms with Gasteiger partial charge in [0.15, 0.2) is 5.96 Å². The summed E-state index contributed by atoms with van der Waals surface area (Å²) in [7, 11) is 1.75. The van der Waals surface area contributed by atoms with E-state index in [-0.39, 0.29) is 35.5 Å². The molecule has 0 atom stereocenters. The average Bonchev–Trinajstić information content (AvgIpc) is 3.08. The molecule has 2 rings (SSSR count). The monoisotopic (exact) mass is 500 g/mol. The van der Waals surface area contributed by atoms with Crippen LogP contribution in [-0.2, 0) is 18.4 Å². The van der Waals surface area contributed by atoms with E-state index in [1.54, 1.807) is 13.2 Å². The molecule has 0 radical (unpaired) electrons. The molecule has 0 fully saturated rings. The summed E-state index contributed by atoms with van der Waals surface area (Å²) in [6.45, 7) is 11.6. The van der Waals surface area contributed by atoms with Crippen LogP contribution in [0.5, 0.6) is 5.75 Å². The molecule has 6 nitrogen and oxygen atoms in total. The lowest BCUT2D eigenvalue weighted by atomic mass is 9.94. The van der Waals surface area contributed by atoms with Crippen LogP contribution in [0.1, 0.15) is 51.8 Å². The van der Waals surface area contributed by atoms with Gasteiger partial charge in [-0.15, -0.1) is 24.0 Å². The highest BCUT2D eigenvalue weighted by atomic mass is 127. The summed E-state index contributed by atoms with van der Waals surface area (Å²) in [5, 5.41) is 6.54. The molecule has 1 aromatic heterocycles. The summed E-state index contributed by atoms with van der Waals surface area (Å²) < 4.78 is 11.5. The van der Waals surface area contributed by atoms with Crippen LogP contribution in [0.15, 0.2) is 39.9 Å². The van der Waals surface area contributed by atoms with Crippen molar-refractivity contribution in [2.24, 2.45) is 4.99 Å².